The lowest BCUT2D eigenvalue weighted by Crippen LogP contribution is -2.46. The second-order valence-corrected chi connectivity index (χ2v) is 5.18. The highest BCUT2D eigenvalue weighted by Crippen LogP contribution is 2.14. The highest BCUT2D eigenvalue weighted by molar-refractivity contribution is 7.09. The van der Waals surface area contributed by atoms with Crippen molar-refractivity contribution in [1.82, 2.24) is 10.4 Å². The highest BCUT2D eigenvalue weighted by atomic mass is 32.1. The van der Waals surface area contributed by atoms with Crippen LogP contribution in [0.1, 0.15) is 37.4 Å². The van der Waals surface area contributed by atoms with E-state index in [1.54, 1.807) is 11.3 Å². The molecule has 17 heavy (non-hydrogen) atoms. The van der Waals surface area contributed by atoms with Crippen LogP contribution in [-0.4, -0.2) is 23.7 Å². The van der Waals surface area contributed by atoms with Crippen LogP contribution in [0.25, 0.3) is 0 Å². The summed E-state index contributed by atoms with van der Waals surface area (Å²) in [5, 5.41) is 3.19. The van der Waals surface area contributed by atoms with Crippen LogP contribution in [0.15, 0.2) is 5.38 Å². The normalized spacial score (nSPS) is 14.8. The summed E-state index contributed by atoms with van der Waals surface area (Å²) >= 11 is 1.67. The molecule has 1 aromatic rings. The number of aryl methyl sites for hydroxylation is 1. The van der Waals surface area contributed by atoms with Gasteiger partial charge in [-0.15, -0.1) is 11.3 Å². The smallest absolute Gasteiger partial charge is 0.0897 e. The predicted molar refractivity (Wildman–Crippen MR) is 72.0 cm³/mol. The van der Waals surface area contributed by atoms with Crippen molar-refractivity contribution in [2.75, 3.05) is 6.61 Å². The Kier molecular flexibility index (Phi) is 6.65. The van der Waals surface area contributed by atoms with Crippen molar-refractivity contribution >= 4 is 11.3 Å². The second kappa shape index (κ2) is 7.76. The third-order valence-electron chi connectivity index (χ3n) is 2.71. The van der Waals surface area contributed by atoms with Gasteiger partial charge in [0.2, 0.25) is 0 Å². The molecular formula is C12H23N3OS. The number of hydrogen-bond donors (Lipinski definition) is 2. The van der Waals surface area contributed by atoms with Gasteiger partial charge in [0.15, 0.2) is 0 Å². The van der Waals surface area contributed by atoms with E-state index in [0.717, 1.165) is 36.6 Å². The topological polar surface area (TPSA) is 60.2 Å². The van der Waals surface area contributed by atoms with Gasteiger partial charge in [-0.05, 0) is 20.3 Å². The standard InChI is InChI=1S/C12H23N3OS/c1-4-6-12(16-5-2)11(15-13)7-10-8-17-9(3)14-10/h8,11-12,15H,4-7,13H2,1-3H3. The Hall–Kier alpha value is -0.490. The molecule has 0 fully saturated rings. The third kappa shape index (κ3) is 4.71. The van der Waals surface area contributed by atoms with E-state index in [2.05, 4.69) is 22.7 Å². The highest BCUT2D eigenvalue weighted by Gasteiger charge is 2.21. The van der Waals surface area contributed by atoms with Gasteiger partial charge in [0.25, 0.3) is 0 Å². The summed E-state index contributed by atoms with van der Waals surface area (Å²) in [5.74, 6) is 5.63. The molecule has 0 bridgehead atoms. The summed E-state index contributed by atoms with van der Waals surface area (Å²) in [6.45, 7) is 6.92. The number of ether oxygens (including phenoxy) is 1. The Labute approximate surface area is 108 Å². The number of nitrogens with one attached hydrogen (secondary N) is 1. The number of nitrogens with zero attached hydrogens (tertiary/aromatic N) is 1. The lowest BCUT2D eigenvalue weighted by molar-refractivity contribution is 0.0279. The lowest BCUT2D eigenvalue weighted by atomic mass is 10.0. The van der Waals surface area contributed by atoms with Crippen LogP contribution in [0.4, 0.5) is 0 Å². The maximum atomic E-state index is 5.75. The minimum atomic E-state index is 0.136. The molecule has 2 unspecified atom stereocenters. The van der Waals surface area contributed by atoms with Crippen molar-refractivity contribution in [1.29, 1.82) is 0 Å². The van der Waals surface area contributed by atoms with Gasteiger partial charge in [0.1, 0.15) is 0 Å². The van der Waals surface area contributed by atoms with Crippen LogP contribution in [0.5, 0.6) is 0 Å². The van der Waals surface area contributed by atoms with Gasteiger partial charge < -0.3 is 4.74 Å². The third-order valence-corrected chi connectivity index (χ3v) is 3.53. The number of hydrogen-bond acceptors (Lipinski definition) is 5. The molecule has 0 saturated carbocycles. The van der Waals surface area contributed by atoms with E-state index in [4.69, 9.17) is 10.6 Å². The average Bonchev–Trinajstić information content (AvgIpc) is 2.72. The summed E-state index contributed by atoms with van der Waals surface area (Å²) < 4.78 is 5.75. The van der Waals surface area contributed by atoms with Crippen LogP contribution >= 0.6 is 11.3 Å². The van der Waals surface area contributed by atoms with Crippen molar-refractivity contribution in [3.8, 4) is 0 Å². The summed E-state index contributed by atoms with van der Waals surface area (Å²) in [6.07, 6.45) is 3.10. The van der Waals surface area contributed by atoms with E-state index in [1.807, 2.05) is 13.8 Å². The molecule has 0 saturated heterocycles. The first-order chi connectivity index (χ1) is 8.21. The van der Waals surface area contributed by atoms with E-state index in [9.17, 15) is 0 Å². The molecule has 2 atom stereocenters. The number of hydrazine groups is 1. The Bertz CT molecular complexity index is 310. The van der Waals surface area contributed by atoms with E-state index in [1.165, 1.54) is 0 Å². The second-order valence-electron chi connectivity index (χ2n) is 4.12. The van der Waals surface area contributed by atoms with Gasteiger partial charge in [0, 0.05) is 18.4 Å². The zero-order valence-electron chi connectivity index (χ0n) is 10.9. The van der Waals surface area contributed by atoms with Gasteiger partial charge in [-0.3, -0.25) is 11.3 Å². The SMILES string of the molecule is CCCC(OCC)C(Cc1csc(C)n1)NN. The first-order valence-electron chi connectivity index (χ1n) is 6.20. The Morgan fingerprint density at radius 1 is 1.53 bits per heavy atom. The first-order valence-corrected chi connectivity index (χ1v) is 7.07. The van der Waals surface area contributed by atoms with Crippen LogP contribution in [-0.2, 0) is 11.2 Å². The summed E-state index contributed by atoms with van der Waals surface area (Å²) in [4.78, 5) is 4.47. The van der Waals surface area contributed by atoms with Crippen molar-refractivity contribution in [2.45, 2.75) is 52.2 Å². The average molecular weight is 257 g/mol. The van der Waals surface area contributed by atoms with E-state index in [-0.39, 0.29) is 12.1 Å². The fraction of sp³-hybridized carbons (Fsp3) is 0.750. The molecule has 1 aromatic heterocycles. The van der Waals surface area contributed by atoms with E-state index < -0.39 is 0 Å². The van der Waals surface area contributed by atoms with Gasteiger partial charge in [0.05, 0.1) is 22.8 Å². The molecule has 1 heterocycles. The van der Waals surface area contributed by atoms with Crippen LogP contribution in [0, 0.1) is 6.92 Å². The Morgan fingerprint density at radius 2 is 2.29 bits per heavy atom. The molecular weight excluding hydrogens is 234 g/mol. The summed E-state index contributed by atoms with van der Waals surface area (Å²) in [6, 6.07) is 0.136. The molecule has 0 aromatic carbocycles. The molecule has 1 rings (SSSR count). The van der Waals surface area contributed by atoms with Crippen LogP contribution in [0.3, 0.4) is 0 Å². The monoisotopic (exact) mass is 257 g/mol. The lowest BCUT2D eigenvalue weighted by Gasteiger charge is -2.25. The van der Waals surface area contributed by atoms with Crippen molar-refractivity contribution in [2.24, 2.45) is 5.84 Å². The fourth-order valence-electron chi connectivity index (χ4n) is 1.92. The molecule has 98 valence electrons. The zero-order valence-corrected chi connectivity index (χ0v) is 11.7. The van der Waals surface area contributed by atoms with Crippen molar-refractivity contribution in [3.63, 3.8) is 0 Å². The van der Waals surface area contributed by atoms with Crippen molar-refractivity contribution < 1.29 is 4.74 Å². The molecule has 4 nitrogen and oxygen atoms in total. The maximum absolute atomic E-state index is 5.75. The van der Waals surface area contributed by atoms with Crippen LogP contribution in [0.2, 0.25) is 0 Å². The number of rotatable bonds is 8. The zero-order chi connectivity index (χ0) is 12.7. The van der Waals surface area contributed by atoms with Gasteiger partial charge in [-0.25, -0.2) is 4.98 Å². The predicted octanol–water partition coefficient (Wildman–Crippen LogP) is 2.03. The molecule has 0 aliphatic rings. The number of nitrogens with two attached hydrogens (primary N) is 1. The fourth-order valence-corrected chi connectivity index (χ4v) is 2.55. The van der Waals surface area contributed by atoms with Gasteiger partial charge in [-0.1, -0.05) is 13.3 Å². The molecule has 0 amide bonds. The molecule has 0 spiro atoms. The molecule has 0 aliphatic carbocycles. The quantitative estimate of drug-likeness (QED) is 0.552. The minimum absolute atomic E-state index is 0.136. The summed E-state index contributed by atoms with van der Waals surface area (Å²) in [5.41, 5.74) is 3.96. The van der Waals surface area contributed by atoms with Gasteiger partial charge >= 0.3 is 0 Å². The van der Waals surface area contributed by atoms with E-state index >= 15 is 0 Å². The largest absolute Gasteiger partial charge is 0.377 e. The number of thiazole rings is 1. The van der Waals surface area contributed by atoms with Crippen molar-refractivity contribution in [3.05, 3.63) is 16.1 Å². The molecule has 0 radical (unpaired) electrons. The Morgan fingerprint density at radius 3 is 2.76 bits per heavy atom. The maximum Gasteiger partial charge on any atom is 0.0897 e. The van der Waals surface area contributed by atoms with E-state index in [0.29, 0.717) is 0 Å². The molecule has 5 heteroatoms. The summed E-state index contributed by atoms with van der Waals surface area (Å²) in [7, 11) is 0. The first kappa shape index (κ1) is 14.6. The van der Waals surface area contributed by atoms with Gasteiger partial charge in [-0.2, -0.15) is 0 Å². The molecule has 3 N–H and O–H groups in total. The minimum Gasteiger partial charge on any atom is -0.377 e. The molecule has 0 aliphatic heterocycles. The van der Waals surface area contributed by atoms with Crippen LogP contribution < -0.4 is 11.3 Å². The number of aromatic nitrogens is 1. The Balaban J connectivity index is 2.61.